The second-order valence-electron chi connectivity index (χ2n) is 17.4. The van der Waals surface area contributed by atoms with E-state index in [9.17, 15) is 23.9 Å². The quantitative estimate of drug-likeness (QED) is 0.00869. The SMILES string of the molecule is CCOC(=O)C1=C(Nc2ccccc2)S/C(=C\c2ccc(OCCOCCN/C=C(/COCCOCCOCCOCCN3CCN(c4ccc5cc(-c6cn7ccc(F)cc7n6)c(=O)oc5c4)CC3)N=N)c(O)c2)C1=O. The van der Waals surface area contributed by atoms with Crippen LogP contribution in [0.2, 0.25) is 0 Å². The number of phenolic OH excluding ortho intramolecular Hbond substituents is 1. The highest BCUT2D eigenvalue weighted by Crippen LogP contribution is 2.41. The van der Waals surface area contributed by atoms with Crippen LogP contribution in [0, 0.1) is 11.3 Å². The van der Waals surface area contributed by atoms with Crippen molar-refractivity contribution >= 4 is 57.6 Å². The highest BCUT2D eigenvalue weighted by Gasteiger charge is 2.35. The molecule has 0 spiro atoms. The molecule has 0 bridgehead atoms. The van der Waals surface area contributed by atoms with Crippen molar-refractivity contribution in [3.8, 4) is 22.8 Å². The average molecular weight is 1080 g/mol. The zero-order chi connectivity index (χ0) is 53.8. The molecule has 77 heavy (non-hydrogen) atoms. The van der Waals surface area contributed by atoms with Crippen LogP contribution < -0.4 is 25.9 Å². The number of Topliss-reactive ketones (excluding diaryl/α,β-unsaturated/α-hetero) is 1. The van der Waals surface area contributed by atoms with Crippen molar-refractivity contribution in [1.29, 1.82) is 5.53 Å². The summed E-state index contributed by atoms with van der Waals surface area (Å²) in [5.41, 5.74) is 11.2. The number of hydrogen-bond donors (Lipinski definition) is 4. The second-order valence-corrected chi connectivity index (χ2v) is 18.4. The first kappa shape index (κ1) is 55.8. The molecule has 1 fully saturated rings. The summed E-state index contributed by atoms with van der Waals surface area (Å²) >= 11 is 1.12. The molecule has 5 heterocycles. The van der Waals surface area contributed by atoms with E-state index in [0.717, 1.165) is 55.6 Å². The number of thioether (sulfide) groups is 1. The number of ketones is 1. The number of ether oxygens (including phenoxy) is 7. The molecule has 2 aliphatic heterocycles. The predicted octanol–water partition coefficient (Wildman–Crippen LogP) is 7.24. The summed E-state index contributed by atoms with van der Waals surface area (Å²) in [6.45, 7) is 10.4. The number of esters is 1. The lowest BCUT2D eigenvalue weighted by Crippen LogP contribution is -2.47. The second kappa shape index (κ2) is 28.6. The van der Waals surface area contributed by atoms with Crippen molar-refractivity contribution in [3.63, 3.8) is 0 Å². The van der Waals surface area contributed by atoms with Gasteiger partial charge >= 0.3 is 11.6 Å². The molecule has 3 aromatic heterocycles. The summed E-state index contributed by atoms with van der Waals surface area (Å²) in [5.74, 6) is -1.45. The molecule has 3 aromatic carbocycles. The van der Waals surface area contributed by atoms with Gasteiger partial charge in [0.25, 0.3) is 0 Å². The molecule has 22 heteroatoms. The van der Waals surface area contributed by atoms with Gasteiger partial charge in [0.05, 0.1) is 93.9 Å². The maximum absolute atomic E-state index is 13.7. The van der Waals surface area contributed by atoms with Crippen molar-refractivity contribution in [2.24, 2.45) is 5.11 Å². The number of piperazine rings is 1. The molecule has 4 N–H and O–H groups in total. The maximum Gasteiger partial charge on any atom is 0.345 e. The van der Waals surface area contributed by atoms with Gasteiger partial charge in [-0.05, 0) is 67.1 Å². The number of rotatable bonds is 30. The van der Waals surface area contributed by atoms with Crippen LogP contribution in [0.15, 0.2) is 139 Å². The van der Waals surface area contributed by atoms with Crippen LogP contribution in [-0.2, 0) is 38.0 Å². The lowest BCUT2D eigenvalue weighted by Gasteiger charge is -2.36. The van der Waals surface area contributed by atoms with Gasteiger partial charge in [-0.15, -0.1) is 0 Å². The molecule has 20 nitrogen and oxygen atoms in total. The highest BCUT2D eigenvalue weighted by atomic mass is 32.2. The Bertz CT molecular complexity index is 3120. The Balaban J connectivity index is 0.609. The average Bonchev–Trinajstić information content (AvgIpc) is 4.00. The van der Waals surface area contributed by atoms with Crippen LogP contribution >= 0.6 is 11.8 Å². The van der Waals surface area contributed by atoms with Crippen molar-refractivity contribution in [1.82, 2.24) is 19.6 Å². The molecule has 0 unspecified atom stereocenters. The van der Waals surface area contributed by atoms with E-state index in [1.807, 2.05) is 48.5 Å². The maximum atomic E-state index is 13.7. The number of halogens is 1. The number of carbonyl (C=O) groups excluding carboxylic acids is 2. The molecule has 8 rings (SSSR count). The largest absolute Gasteiger partial charge is 0.504 e. The van der Waals surface area contributed by atoms with Gasteiger partial charge in [-0.25, -0.2) is 24.5 Å². The number of anilines is 2. The number of nitrogens with one attached hydrogen (secondary N) is 3. The lowest BCUT2D eigenvalue weighted by molar-refractivity contribution is -0.139. The van der Waals surface area contributed by atoms with Crippen LogP contribution in [0.3, 0.4) is 0 Å². The monoisotopic (exact) mass is 1080 g/mol. The van der Waals surface area contributed by atoms with E-state index in [1.165, 1.54) is 18.2 Å². The summed E-state index contributed by atoms with van der Waals surface area (Å²) < 4.78 is 60.1. The van der Waals surface area contributed by atoms with Gasteiger partial charge in [0.2, 0.25) is 5.78 Å². The van der Waals surface area contributed by atoms with Gasteiger partial charge in [-0.3, -0.25) is 9.69 Å². The number of phenols is 1. The number of aromatic nitrogens is 2. The number of para-hydroxylation sites is 1. The number of allylic oxidation sites excluding steroid dienone is 1. The summed E-state index contributed by atoms with van der Waals surface area (Å²) in [6, 6.07) is 24.2. The smallest absolute Gasteiger partial charge is 0.345 e. The van der Waals surface area contributed by atoms with Crippen LogP contribution in [0.25, 0.3) is 33.9 Å². The zero-order valence-corrected chi connectivity index (χ0v) is 43.4. The molecule has 0 saturated carbocycles. The molecular formula is C55H61FN8O12S. The van der Waals surface area contributed by atoms with Gasteiger partial charge in [0, 0.05) is 86.8 Å². The minimum Gasteiger partial charge on any atom is -0.504 e. The summed E-state index contributed by atoms with van der Waals surface area (Å²) in [6.07, 6.45) is 6.44. The molecule has 0 atom stereocenters. The topological polar surface area (TPSA) is 233 Å². The molecule has 0 radical (unpaired) electrons. The van der Waals surface area contributed by atoms with Gasteiger partial charge in [0.15, 0.2) is 11.5 Å². The Morgan fingerprint density at radius 3 is 2.36 bits per heavy atom. The van der Waals surface area contributed by atoms with Gasteiger partial charge in [-0.1, -0.05) is 36.0 Å². The first-order valence-corrected chi connectivity index (χ1v) is 26.0. The number of nitrogens with zero attached hydrogens (tertiary/aromatic N) is 5. The Morgan fingerprint density at radius 1 is 0.870 bits per heavy atom. The van der Waals surface area contributed by atoms with E-state index in [-0.39, 0.29) is 43.5 Å². The van der Waals surface area contributed by atoms with E-state index in [0.29, 0.717) is 109 Å². The normalized spacial score (nSPS) is 14.8. The molecule has 0 aliphatic carbocycles. The molecular weight excluding hydrogens is 1020 g/mol. The van der Waals surface area contributed by atoms with E-state index in [4.69, 9.17) is 43.1 Å². The fourth-order valence-corrected chi connectivity index (χ4v) is 9.17. The van der Waals surface area contributed by atoms with Gasteiger partial charge in [-0.2, -0.15) is 5.11 Å². The summed E-state index contributed by atoms with van der Waals surface area (Å²) in [4.78, 5) is 48.3. The van der Waals surface area contributed by atoms with Crippen molar-refractivity contribution < 1.29 is 56.7 Å². The van der Waals surface area contributed by atoms with Crippen LogP contribution in [0.1, 0.15) is 12.5 Å². The third kappa shape index (κ3) is 16.1. The molecule has 406 valence electrons. The van der Waals surface area contributed by atoms with Crippen molar-refractivity contribution in [3.05, 3.63) is 147 Å². The Morgan fingerprint density at radius 2 is 1.61 bits per heavy atom. The third-order valence-corrected chi connectivity index (χ3v) is 13.1. The number of aromatic hydroxyl groups is 1. The summed E-state index contributed by atoms with van der Waals surface area (Å²) in [5, 5.41) is 21.5. The molecule has 6 aromatic rings. The minimum atomic E-state index is -0.708. The van der Waals surface area contributed by atoms with Gasteiger partial charge < -0.3 is 62.6 Å². The standard InChI is InChI=1S/C55H61FN8O12S/c1-2-74-55(68)51-52(66)49(77-53(51)59-41-6-4-3-5-7-41)31-38-8-11-47(46(65)30-38)75-29-28-69-20-13-58-35-42(61-57)37-73-27-26-72-25-24-71-23-22-70-21-19-62-15-17-63(18-16-62)43-10-9-39-32-44(54(67)76-48(39)34-43)45-36-64-14-12-40(56)33-50(64)60-45/h3-12,14,30-36,57-59,65H,2,13,15-29,37H2,1H3/b42-35-,49-31-,61-57?. The highest BCUT2D eigenvalue weighted by molar-refractivity contribution is 8.08. The lowest BCUT2D eigenvalue weighted by atomic mass is 10.1. The number of hydrogen-bond acceptors (Lipinski definition) is 20. The number of carbonyl (C=O) groups is 2. The zero-order valence-electron chi connectivity index (χ0n) is 42.6. The van der Waals surface area contributed by atoms with Crippen LogP contribution in [0.5, 0.6) is 11.5 Å². The third-order valence-electron chi connectivity index (χ3n) is 12.0. The van der Waals surface area contributed by atoms with Crippen LogP contribution in [0.4, 0.5) is 15.8 Å². The number of fused-ring (bicyclic) bond motifs is 2. The minimum absolute atomic E-state index is 0.0725. The van der Waals surface area contributed by atoms with E-state index < -0.39 is 23.2 Å². The Hall–Kier alpha value is -7.44. The fraction of sp³-hybridized carbons (Fsp3) is 0.345. The summed E-state index contributed by atoms with van der Waals surface area (Å²) in [7, 11) is 0. The van der Waals surface area contributed by atoms with Gasteiger partial charge in [0.1, 0.15) is 34.9 Å². The van der Waals surface area contributed by atoms with Crippen molar-refractivity contribution in [2.75, 3.05) is 129 Å². The molecule has 1 saturated heterocycles. The van der Waals surface area contributed by atoms with Crippen LogP contribution in [-0.4, -0.2) is 150 Å². The number of imidazole rings is 1. The van der Waals surface area contributed by atoms with E-state index >= 15 is 0 Å². The number of pyridine rings is 1. The predicted molar refractivity (Wildman–Crippen MR) is 289 cm³/mol. The number of benzene rings is 3. The molecule has 2 aliphatic rings. The Kier molecular flexibility index (Phi) is 20.7. The van der Waals surface area contributed by atoms with Crippen molar-refractivity contribution in [2.45, 2.75) is 6.92 Å². The fourth-order valence-electron chi connectivity index (χ4n) is 8.12. The van der Waals surface area contributed by atoms with E-state index in [1.54, 1.807) is 54.2 Å². The van der Waals surface area contributed by atoms with E-state index in [2.05, 4.69) is 30.5 Å². The molecule has 0 amide bonds. The first-order chi connectivity index (χ1) is 37.6. The Labute approximate surface area is 447 Å². The first-order valence-electron chi connectivity index (χ1n) is 25.2.